The molecule has 0 radical (unpaired) electrons. The van der Waals surface area contributed by atoms with Crippen LogP contribution in [-0.4, -0.2) is 10.2 Å². The molecule has 0 N–H and O–H groups in total. The molecule has 6 heteroatoms. The highest BCUT2D eigenvalue weighted by molar-refractivity contribution is 9.10. The van der Waals surface area contributed by atoms with E-state index in [9.17, 15) is 4.39 Å². The monoisotopic (exact) mass is 274 g/mol. The number of hydrogen-bond acceptors (Lipinski definition) is 4. The van der Waals surface area contributed by atoms with E-state index in [-0.39, 0.29) is 5.82 Å². The molecule has 0 fully saturated rings. The lowest BCUT2D eigenvalue weighted by Gasteiger charge is -2.01. The molecular weight excluding hydrogens is 271 g/mol. The highest BCUT2D eigenvalue weighted by atomic mass is 79.9. The van der Waals surface area contributed by atoms with Gasteiger partial charge < -0.3 is 4.74 Å². The van der Waals surface area contributed by atoms with Crippen LogP contribution >= 0.6 is 27.3 Å². The standard InChI is InChI=1S/C8H4BrFN2OS/c9-5-1-6(10)3-7(2-5)13-8-12-11-4-14-8/h1-4H. The van der Waals surface area contributed by atoms with E-state index in [1.807, 2.05) is 0 Å². The molecule has 14 heavy (non-hydrogen) atoms. The zero-order chi connectivity index (χ0) is 9.97. The number of ether oxygens (including phenoxy) is 1. The smallest absolute Gasteiger partial charge is 0.299 e. The van der Waals surface area contributed by atoms with E-state index in [2.05, 4.69) is 26.1 Å². The van der Waals surface area contributed by atoms with E-state index in [0.29, 0.717) is 15.4 Å². The van der Waals surface area contributed by atoms with Crippen LogP contribution in [0, 0.1) is 5.82 Å². The maximum Gasteiger partial charge on any atom is 0.299 e. The molecule has 72 valence electrons. The summed E-state index contributed by atoms with van der Waals surface area (Å²) in [6.07, 6.45) is 0. The van der Waals surface area contributed by atoms with E-state index >= 15 is 0 Å². The maximum absolute atomic E-state index is 12.9. The fraction of sp³-hybridized carbons (Fsp3) is 0. The summed E-state index contributed by atoms with van der Waals surface area (Å²) >= 11 is 4.41. The van der Waals surface area contributed by atoms with Gasteiger partial charge in [-0.1, -0.05) is 32.4 Å². The van der Waals surface area contributed by atoms with E-state index < -0.39 is 0 Å². The Balaban J connectivity index is 2.25. The first-order valence-electron chi connectivity index (χ1n) is 3.64. The summed E-state index contributed by atoms with van der Waals surface area (Å²) in [4.78, 5) is 0. The zero-order valence-electron chi connectivity index (χ0n) is 6.78. The van der Waals surface area contributed by atoms with Crippen LogP contribution in [0.3, 0.4) is 0 Å². The summed E-state index contributed by atoms with van der Waals surface area (Å²) < 4.78 is 18.8. The zero-order valence-corrected chi connectivity index (χ0v) is 9.18. The van der Waals surface area contributed by atoms with Gasteiger partial charge in [-0.2, -0.15) is 0 Å². The molecular formula is C8H4BrFN2OS. The van der Waals surface area contributed by atoms with Crippen LogP contribution < -0.4 is 4.74 Å². The molecule has 2 aromatic rings. The Morgan fingerprint density at radius 2 is 2.21 bits per heavy atom. The van der Waals surface area contributed by atoms with Gasteiger partial charge in [0.05, 0.1) is 0 Å². The fourth-order valence-corrected chi connectivity index (χ4v) is 1.76. The highest BCUT2D eigenvalue weighted by Gasteiger charge is 2.03. The van der Waals surface area contributed by atoms with Gasteiger partial charge >= 0.3 is 0 Å². The van der Waals surface area contributed by atoms with Crippen LogP contribution in [0.2, 0.25) is 0 Å². The first kappa shape index (κ1) is 9.54. The van der Waals surface area contributed by atoms with Gasteiger partial charge in [-0.25, -0.2) is 4.39 Å². The Labute approximate surface area is 91.7 Å². The Kier molecular flexibility index (Phi) is 2.74. The van der Waals surface area contributed by atoms with Crippen LogP contribution in [-0.2, 0) is 0 Å². The third kappa shape index (κ3) is 2.27. The van der Waals surface area contributed by atoms with Crippen molar-refractivity contribution in [3.63, 3.8) is 0 Å². The quantitative estimate of drug-likeness (QED) is 0.844. The number of aromatic nitrogens is 2. The van der Waals surface area contributed by atoms with E-state index in [0.717, 1.165) is 0 Å². The first-order chi connectivity index (χ1) is 6.74. The number of nitrogens with zero attached hydrogens (tertiary/aromatic N) is 2. The van der Waals surface area contributed by atoms with Gasteiger partial charge in [-0.3, -0.25) is 0 Å². The minimum Gasteiger partial charge on any atom is -0.430 e. The SMILES string of the molecule is Fc1cc(Br)cc(Oc2nncs2)c1. The third-order valence-electron chi connectivity index (χ3n) is 1.38. The Morgan fingerprint density at radius 3 is 2.86 bits per heavy atom. The van der Waals surface area contributed by atoms with Gasteiger partial charge in [0.2, 0.25) is 0 Å². The van der Waals surface area contributed by atoms with Crippen molar-refractivity contribution >= 4 is 27.3 Å². The molecule has 0 saturated heterocycles. The second kappa shape index (κ2) is 4.02. The maximum atomic E-state index is 12.9. The number of halogens is 2. The van der Waals surface area contributed by atoms with Crippen LogP contribution in [0.4, 0.5) is 4.39 Å². The predicted molar refractivity (Wildman–Crippen MR) is 54.1 cm³/mol. The van der Waals surface area contributed by atoms with Crippen LogP contribution in [0.1, 0.15) is 0 Å². The summed E-state index contributed by atoms with van der Waals surface area (Å²) in [7, 11) is 0. The Hall–Kier alpha value is -1.01. The molecule has 0 bridgehead atoms. The van der Waals surface area contributed by atoms with E-state index in [4.69, 9.17) is 4.74 Å². The summed E-state index contributed by atoms with van der Waals surface area (Å²) in [6, 6.07) is 4.30. The van der Waals surface area contributed by atoms with Crippen molar-refractivity contribution in [2.75, 3.05) is 0 Å². The third-order valence-corrected chi connectivity index (χ3v) is 2.41. The van der Waals surface area contributed by atoms with Gasteiger partial charge in [0.1, 0.15) is 17.1 Å². The van der Waals surface area contributed by atoms with Crippen molar-refractivity contribution in [1.82, 2.24) is 10.2 Å². The molecule has 0 aliphatic rings. The van der Waals surface area contributed by atoms with Gasteiger partial charge in [0.25, 0.3) is 5.19 Å². The molecule has 1 aromatic carbocycles. The normalized spacial score (nSPS) is 10.1. The molecule has 0 amide bonds. The second-order valence-electron chi connectivity index (χ2n) is 2.41. The molecule has 1 aromatic heterocycles. The van der Waals surface area contributed by atoms with Crippen molar-refractivity contribution in [3.05, 3.63) is 34.0 Å². The number of benzene rings is 1. The van der Waals surface area contributed by atoms with E-state index in [1.54, 1.807) is 11.6 Å². The van der Waals surface area contributed by atoms with Crippen molar-refractivity contribution in [2.45, 2.75) is 0 Å². The second-order valence-corrected chi connectivity index (χ2v) is 4.12. The van der Waals surface area contributed by atoms with Crippen LogP contribution in [0.25, 0.3) is 0 Å². The van der Waals surface area contributed by atoms with Crippen LogP contribution in [0.15, 0.2) is 28.2 Å². The minimum atomic E-state index is -0.362. The molecule has 0 atom stereocenters. The summed E-state index contributed by atoms with van der Waals surface area (Å²) in [5.41, 5.74) is 1.55. The molecule has 0 spiro atoms. The molecule has 3 nitrogen and oxygen atoms in total. The summed E-state index contributed by atoms with van der Waals surface area (Å²) in [5.74, 6) is 0.0347. The van der Waals surface area contributed by atoms with E-state index in [1.165, 1.54) is 23.5 Å². The molecule has 0 aliphatic heterocycles. The lowest BCUT2D eigenvalue weighted by atomic mass is 10.3. The number of hydrogen-bond donors (Lipinski definition) is 0. The fourth-order valence-electron chi connectivity index (χ4n) is 0.896. The van der Waals surface area contributed by atoms with Crippen molar-refractivity contribution in [2.24, 2.45) is 0 Å². The predicted octanol–water partition coefficient (Wildman–Crippen LogP) is 3.23. The Bertz CT molecular complexity index is 415. The van der Waals surface area contributed by atoms with Crippen LogP contribution in [0.5, 0.6) is 10.9 Å². The lowest BCUT2D eigenvalue weighted by molar-refractivity contribution is 0.467. The molecule has 2 rings (SSSR count). The largest absolute Gasteiger partial charge is 0.430 e. The topological polar surface area (TPSA) is 35.0 Å². The number of rotatable bonds is 2. The molecule has 1 heterocycles. The first-order valence-corrected chi connectivity index (χ1v) is 5.31. The van der Waals surface area contributed by atoms with Gasteiger partial charge in [-0.05, 0) is 12.1 Å². The lowest BCUT2D eigenvalue weighted by Crippen LogP contribution is -1.85. The average molecular weight is 275 g/mol. The summed E-state index contributed by atoms with van der Waals surface area (Å²) in [5, 5.41) is 7.67. The van der Waals surface area contributed by atoms with Gasteiger partial charge in [0.15, 0.2) is 0 Å². The molecule has 0 saturated carbocycles. The van der Waals surface area contributed by atoms with Gasteiger partial charge in [-0.15, -0.1) is 5.10 Å². The minimum absolute atomic E-state index is 0.362. The average Bonchev–Trinajstić information content (AvgIpc) is 2.54. The highest BCUT2D eigenvalue weighted by Crippen LogP contribution is 2.26. The molecule has 0 aliphatic carbocycles. The van der Waals surface area contributed by atoms with Crippen molar-refractivity contribution < 1.29 is 9.13 Å². The van der Waals surface area contributed by atoms with Crippen molar-refractivity contribution in [1.29, 1.82) is 0 Å². The van der Waals surface area contributed by atoms with Gasteiger partial charge in [0, 0.05) is 10.5 Å². The Morgan fingerprint density at radius 1 is 1.36 bits per heavy atom. The van der Waals surface area contributed by atoms with Crippen molar-refractivity contribution in [3.8, 4) is 10.9 Å². The molecule has 0 unspecified atom stereocenters. The summed E-state index contributed by atoms with van der Waals surface area (Å²) in [6.45, 7) is 0.